The molecule has 6 heteroatoms. The number of para-hydroxylation sites is 2. The number of hydrogen-bond acceptors (Lipinski definition) is 3. The number of rotatable bonds is 3. The van der Waals surface area contributed by atoms with E-state index >= 15 is 0 Å². The fourth-order valence-electron chi connectivity index (χ4n) is 13.4. The third kappa shape index (κ3) is 4.76. The van der Waals surface area contributed by atoms with Gasteiger partial charge in [-0.15, -0.1) is 0 Å². The molecule has 5 nitrogen and oxygen atoms in total. The Kier molecular flexibility index (Phi) is 7.36. The van der Waals surface area contributed by atoms with Gasteiger partial charge >= 0.3 is 0 Å². The third-order valence-electron chi connectivity index (χ3n) is 15.8. The van der Waals surface area contributed by atoms with Crippen molar-refractivity contribution in [3.63, 3.8) is 0 Å². The van der Waals surface area contributed by atoms with Gasteiger partial charge in [0.2, 0.25) is 0 Å². The van der Waals surface area contributed by atoms with Crippen molar-refractivity contribution in [2.75, 3.05) is 4.90 Å². The van der Waals surface area contributed by atoms with E-state index in [1.807, 2.05) is 0 Å². The number of anilines is 2. The minimum absolute atomic E-state index is 0.00996. The number of nitrogens with zero attached hydrogens (tertiary/aromatic N) is 3. The van der Waals surface area contributed by atoms with Gasteiger partial charge in [-0.05, 0) is 141 Å². The molecule has 0 saturated heterocycles. The predicted octanol–water partition coefficient (Wildman–Crippen LogP) is 11.0. The zero-order chi connectivity index (χ0) is 39.1. The first kappa shape index (κ1) is 34.1. The van der Waals surface area contributed by atoms with E-state index in [-0.39, 0.29) is 6.71 Å². The largest absolute Gasteiger partial charge is 0.458 e. The van der Waals surface area contributed by atoms with Crippen LogP contribution in [-0.2, 0) is 38.5 Å². The second-order valence-corrected chi connectivity index (χ2v) is 18.9. The second-order valence-electron chi connectivity index (χ2n) is 18.9. The summed E-state index contributed by atoms with van der Waals surface area (Å²) in [5, 5.41) is 1.39. The van der Waals surface area contributed by atoms with Gasteiger partial charge in [-0.2, -0.15) is 0 Å². The highest BCUT2D eigenvalue weighted by Gasteiger charge is 2.44. The molecule has 296 valence electrons. The highest BCUT2D eigenvalue weighted by Crippen LogP contribution is 2.52. The van der Waals surface area contributed by atoms with E-state index in [1.54, 1.807) is 22.5 Å². The molecule has 2 unspecified atom stereocenters. The average Bonchev–Trinajstić information content (AvgIpc) is 4.01. The highest BCUT2D eigenvalue weighted by molar-refractivity contribution is 6.98. The molecule has 0 spiro atoms. The summed E-state index contributed by atoms with van der Waals surface area (Å²) >= 11 is 0. The van der Waals surface area contributed by atoms with Crippen LogP contribution in [0.3, 0.4) is 0 Å². The van der Waals surface area contributed by atoms with Gasteiger partial charge in [0.1, 0.15) is 23.0 Å². The molecular weight excluding hydrogens is 733 g/mol. The van der Waals surface area contributed by atoms with Crippen LogP contribution in [0.2, 0.25) is 0 Å². The smallest absolute Gasteiger partial charge is 0.260 e. The van der Waals surface area contributed by atoms with E-state index in [4.69, 9.17) is 9.47 Å². The molecule has 2 atom stereocenters. The quantitative estimate of drug-likeness (QED) is 0.167. The average molecular weight is 784 g/mol. The number of benzene rings is 5. The maximum absolute atomic E-state index is 7.27. The molecule has 5 aromatic carbocycles. The molecule has 14 rings (SSSR count). The lowest BCUT2D eigenvalue weighted by Gasteiger charge is -2.36. The number of fused-ring (bicyclic) bond motifs is 13. The van der Waals surface area contributed by atoms with Gasteiger partial charge in [0, 0.05) is 86.9 Å². The molecule has 7 aromatic rings. The van der Waals surface area contributed by atoms with Crippen molar-refractivity contribution in [1.82, 2.24) is 9.13 Å². The van der Waals surface area contributed by atoms with Crippen molar-refractivity contribution < 1.29 is 9.47 Å². The summed E-state index contributed by atoms with van der Waals surface area (Å²) in [5.41, 5.74) is 20.8. The molecule has 5 heterocycles. The van der Waals surface area contributed by atoms with E-state index in [9.17, 15) is 0 Å². The molecular formula is C54H50BN3O2. The van der Waals surface area contributed by atoms with Crippen molar-refractivity contribution in [3.05, 3.63) is 136 Å². The molecule has 0 amide bonds. The number of aromatic nitrogens is 2. The Balaban J connectivity index is 0.961. The SMILES string of the molecule is c1ccc2c(c1)C1CCCCCC1N2c1cc2c3c(c1)Oc1cc(-n4c5c(c6ccccc64)CCC5)ccc1B3c1ccc(-n3c4c(c5c3CCCC5)CCCC4)cc1O2. The molecule has 1 fully saturated rings. The summed E-state index contributed by atoms with van der Waals surface area (Å²) in [7, 11) is 0. The summed E-state index contributed by atoms with van der Waals surface area (Å²) in [6.45, 7) is 0.00996. The molecule has 3 aliphatic heterocycles. The number of hydrogen-bond donors (Lipinski definition) is 0. The van der Waals surface area contributed by atoms with Crippen molar-refractivity contribution in [3.8, 4) is 34.4 Å². The standard InChI is InChI=1S/C54H50BN3O2/c1-2-13-36-39-16-7-11-23-48(39)58(47(36)19-3-1)35-31-52-54-53(32-35)60-51-30-34(57-46-22-10-6-17-40(46)41-18-12-24-49(41)57)26-28-43(51)55(54)42-27-25-33(29-50(42)59-52)56-44-20-8-4-14-37(44)38-15-5-9-21-45(38)56/h6-7,10-11,16-17,22-23,25-32,36,47H,1-5,8-9,12-15,18-21,24H2. The summed E-state index contributed by atoms with van der Waals surface area (Å²) in [6, 6.07) is 37.6. The van der Waals surface area contributed by atoms with Gasteiger partial charge in [0.25, 0.3) is 6.71 Å². The molecule has 4 aliphatic carbocycles. The van der Waals surface area contributed by atoms with Crippen molar-refractivity contribution in [2.24, 2.45) is 0 Å². The zero-order valence-corrected chi connectivity index (χ0v) is 34.4. The molecule has 2 aromatic heterocycles. The lowest BCUT2D eigenvalue weighted by atomic mass is 9.35. The fraction of sp³-hybridized carbons (Fsp3) is 0.333. The fourth-order valence-corrected chi connectivity index (χ4v) is 13.4. The summed E-state index contributed by atoms with van der Waals surface area (Å²) in [4.78, 5) is 2.66. The van der Waals surface area contributed by atoms with Crippen LogP contribution in [0.25, 0.3) is 22.3 Å². The number of aryl methyl sites for hydroxylation is 1. The Bertz CT molecular complexity index is 2920. The predicted molar refractivity (Wildman–Crippen MR) is 244 cm³/mol. The van der Waals surface area contributed by atoms with E-state index < -0.39 is 0 Å². The molecule has 0 radical (unpaired) electrons. The topological polar surface area (TPSA) is 31.6 Å². The monoisotopic (exact) mass is 783 g/mol. The minimum atomic E-state index is 0.00996. The Hall–Kier alpha value is -5.62. The number of ether oxygens (including phenoxy) is 2. The van der Waals surface area contributed by atoms with E-state index in [1.165, 1.54) is 151 Å². The van der Waals surface area contributed by atoms with E-state index in [0.717, 1.165) is 41.3 Å². The van der Waals surface area contributed by atoms with Crippen molar-refractivity contribution in [1.29, 1.82) is 0 Å². The van der Waals surface area contributed by atoms with Crippen LogP contribution in [0, 0.1) is 0 Å². The highest BCUT2D eigenvalue weighted by atomic mass is 16.5. The van der Waals surface area contributed by atoms with Crippen LogP contribution >= 0.6 is 0 Å². The first-order valence-electron chi connectivity index (χ1n) is 23.3. The third-order valence-corrected chi connectivity index (χ3v) is 15.8. The first-order chi connectivity index (χ1) is 29.8. The molecule has 0 bridgehead atoms. The van der Waals surface area contributed by atoms with Crippen LogP contribution < -0.4 is 30.8 Å². The summed E-state index contributed by atoms with van der Waals surface area (Å²) < 4.78 is 19.7. The summed E-state index contributed by atoms with van der Waals surface area (Å²) in [5.74, 6) is 4.35. The Labute approximate surface area is 353 Å². The van der Waals surface area contributed by atoms with Gasteiger partial charge in [0.15, 0.2) is 0 Å². The van der Waals surface area contributed by atoms with Crippen LogP contribution in [-0.4, -0.2) is 21.9 Å². The lowest BCUT2D eigenvalue weighted by molar-refractivity contribution is 0.463. The van der Waals surface area contributed by atoms with Crippen LogP contribution in [0.1, 0.15) is 109 Å². The first-order valence-corrected chi connectivity index (χ1v) is 23.3. The normalized spacial score (nSPS) is 20.5. The van der Waals surface area contributed by atoms with E-state index in [2.05, 4.69) is 111 Å². The summed E-state index contributed by atoms with van der Waals surface area (Å²) in [6.07, 6.45) is 19.8. The Morgan fingerprint density at radius 1 is 0.483 bits per heavy atom. The minimum Gasteiger partial charge on any atom is -0.458 e. The van der Waals surface area contributed by atoms with Gasteiger partial charge in [0.05, 0.1) is 5.52 Å². The Morgan fingerprint density at radius 3 is 1.85 bits per heavy atom. The van der Waals surface area contributed by atoms with Gasteiger partial charge in [-0.25, -0.2) is 0 Å². The van der Waals surface area contributed by atoms with E-state index in [0.29, 0.717) is 12.0 Å². The molecule has 60 heavy (non-hydrogen) atoms. The zero-order valence-electron chi connectivity index (χ0n) is 34.4. The maximum Gasteiger partial charge on any atom is 0.260 e. The molecule has 1 saturated carbocycles. The molecule has 0 N–H and O–H groups in total. The molecule has 7 aliphatic rings. The van der Waals surface area contributed by atoms with Crippen LogP contribution in [0.5, 0.6) is 23.0 Å². The van der Waals surface area contributed by atoms with Gasteiger partial charge in [-0.1, -0.05) is 67.8 Å². The lowest BCUT2D eigenvalue weighted by Crippen LogP contribution is -2.57. The van der Waals surface area contributed by atoms with Gasteiger partial charge in [-0.3, -0.25) is 0 Å². The van der Waals surface area contributed by atoms with Crippen molar-refractivity contribution in [2.45, 2.75) is 115 Å². The van der Waals surface area contributed by atoms with Crippen molar-refractivity contribution >= 4 is 45.4 Å². The van der Waals surface area contributed by atoms with Gasteiger partial charge < -0.3 is 23.5 Å². The maximum atomic E-state index is 7.27. The second kappa shape index (κ2) is 12.9. The Morgan fingerprint density at radius 2 is 1.08 bits per heavy atom. The van der Waals surface area contributed by atoms with Crippen LogP contribution in [0.4, 0.5) is 11.4 Å². The van der Waals surface area contributed by atoms with Crippen LogP contribution in [0.15, 0.2) is 97.1 Å².